The van der Waals surface area contributed by atoms with Crippen LogP contribution in [-0.2, 0) is 31.8 Å². The summed E-state index contributed by atoms with van der Waals surface area (Å²) in [5.41, 5.74) is -2.19. The molecule has 0 aliphatic carbocycles. The van der Waals surface area contributed by atoms with E-state index in [-0.39, 0.29) is 61.8 Å². The molecule has 55 heavy (non-hydrogen) atoms. The second-order valence-electron chi connectivity index (χ2n) is 15.1. The maximum atomic E-state index is 14.4. The van der Waals surface area contributed by atoms with Gasteiger partial charge in [-0.25, -0.2) is 24.2 Å². The van der Waals surface area contributed by atoms with Gasteiger partial charge in [0.25, 0.3) is 0 Å². The lowest BCUT2D eigenvalue weighted by molar-refractivity contribution is -0.142. The van der Waals surface area contributed by atoms with Crippen LogP contribution >= 0.6 is 0 Å². The van der Waals surface area contributed by atoms with Crippen LogP contribution in [0.2, 0.25) is 0 Å². The first-order chi connectivity index (χ1) is 25.6. The average Bonchev–Trinajstić information content (AvgIpc) is 3.53. The maximum Gasteiger partial charge on any atom is 0.418 e. The van der Waals surface area contributed by atoms with Crippen LogP contribution in [0.5, 0.6) is 0 Å². The molecule has 2 aromatic carbocycles. The predicted molar refractivity (Wildman–Crippen MR) is 199 cm³/mol. The average molecular weight is 772 g/mol. The van der Waals surface area contributed by atoms with Gasteiger partial charge in [-0.2, -0.15) is 13.2 Å². The molecule has 3 aromatic rings. The number of nitrogens with one attached hydrogen (secondary N) is 1. The van der Waals surface area contributed by atoms with Gasteiger partial charge in [-0.1, -0.05) is 48.5 Å². The number of amides is 3. The summed E-state index contributed by atoms with van der Waals surface area (Å²) in [6, 6.07) is 14.9. The topological polar surface area (TPSA) is 151 Å². The number of anilines is 2. The van der Waals surface area contributed by atoms with Crippen LogP contribution in [-0.4, -0.2) is 94.1 Å². The Balaban J connectivity index is 1.62. The Labute approximate surface area is 318 Å². The van der Waals surface area contributed by atoms with Crippen molar-refractivity contribution in [3.05, 3.63) is 77.9 Å². The summed E-state index contributed by atoms with van der Waals surface area (Å²) >= 11 is 0. The van der Waals surface area contributed by atoms with Crippen molar-refractivity contribution in [1.82, 2.24) is 14.8 Å². The first-order valence-corrected chi connectivity index (χ1v) is 17.7. The Morgan fingerprint density at radius 3 is 2.16 bits per heavy atom. The van der Waals surface area contributed by atoms with E-state index in [0.717, 1.165) is 21.4 Å². The number of alkyl halides is 3. The molecule has 13 nitrogen and oxygen atoms in total. The summed E-state index contributed by atoms with van der Waals surface area (Å²) in [6.45, 7) is 9.87. The summed E-state index contributed by atoms with van der Waals surface area (Å²) in [7, 11) is 1.53. The van der Waals surface area contributed by atoms with Gasteiger partial charge in [-0.05, 0) is 71.7 Å². The van der Waals surface area contributed by atoms with Gasteiger partial charge < -0.3 is 29.5 Å². The third-order valence-electron chi connectivity index (χ3n) is 8.26. The van der Waals surface area contributed by atoms with Gasteiger partial charge in [-0.3, -0.25) is 9.80 Å². The number of carbonyl (C=O) groups is 4. The summed E-state index contributed by atoms with van der Waals surface area (Å²) in [5.74, 6) is -1.35. The summed E-state index contributed by atoms with van der Waals surface area (Å²) in [6.07, 6.45) is -7.05. The number of rotatable bonds is 11. The highest BCUT2D eigenvalue weighted by Gasteiger charge is 2.46. The molecule has 0 spiro atoms. The molecule has 1 aliphatic rings. The number of carbonyl (C=O) groups excluding carboxylic acids is 3. The fourth-order valence-corrected chi connectivity index (χ4v) is 5.85. The SMILES string of the molecule is CN(CCCNc1c(-c2cccc(N(C(=O)OC(C)(C)C)[C@H]3C[C@@H](C(=O)O)N(C(=O)OC(C)(C)C)C3)n2)cccc1C(F)(F)F)C(=O)OCc1ccccc1. The number of carboxylic acids is 1. The van der Waals surface area contributed by atoms with Gasteiger partial charge >= 0.3 is 30.4 Å². The zero-order valence-electron chi connectivity index (χ0n) is 32.0. The first kappa shape index (κ1) is 42.2. The number of aliphatic carboxylic acids is 1. The maximum absolute atomic E-state index is 14.4. The van der Waals surface area contributed by atoms with Gasteiger partial charge in [0.15, 0.2) is 0 Å². The number of hydrogen-bond acceptors (Lipinski definition) is 9. The quantitative estimate of drug-likeness (QED) is 0.145. The fourth-order valence-electron chi connectivity index (χ4n) is 5.85. The standard InChI is InChI=1S/C39H48F3N5O8/c1-37(2,3)54-35(51)46-23-26(22-30(46)33(48)49)47(36(52)55-38(4,5)6)31-19-12-18-29(44-31)27-16-11-17-28(39(40,41)42)32(27)43-20-13-21-45(7)34(50)53-24-25-14-9-8-10-15-25/h8-12,14-19,26,30,43H,13,20-24H2,1-7H3,(H,48,49)/t26-,30-/m0/s1. The zero-order chi connectivity index (χ0) is 40.7. The molecule has 0 unspecified atom stereocenters. The molecule has 298 valence electrons. The molecular weight excluding hydrogens is 723 g/mol. The molecular formula is C39H48F3N5O8. The summed E-state index contributed by atoms with van der Waals surface area (Å²) in [4.78, 5) is 59.8. The molecule has 1 aromatic heterocycles. The second kappa shape index (κ2) is 17.3. The Hall–Kier alpha value is -5.54. The first-order valence-electron chi connectivity index (χ1n) is 17.7. The molecule has 4 rings (SSSR count). The molecule has 1 fully saturated rings. The third-order valence-corrected chi connectivity index (χ3v) is 8.26. The third kappa shape index (κ3) is 11.7. The molecule has 1 aliphatic heterocycles. The monoisotopic (exact) mass is 771 g/mol. The summed E-state index contributed by atoms with van der Waals surface area (Å²) < 4.78 is 59.7. The minimum absolute atomic E-state index is 0.0362. The van der Waals surface area contributed by atoms with Crippen LogP contribution in [0.1, 0.15) is 65.5 Å². The number of ether oxygens (including phenoxy) is 3. The van der Waals surface area contributed by atoms with Crippen molar-refractivity contribution in [1.29, 1.82) is 0 Å². The molecule has 0 bridgehead atoms. The van der Waals surface area contributed by atoms with Gasteiger partial charge in [0.2, 0.25) is 0 Å². The Morgan fingerprint density at radius 1 is 0.891 bits per heavy atom. The number of para-hydroxylation sites is 1. The van der Waals surface area contributed by atoms with Crippen molar-refractivity contribution in [2.75, 3.05) is 36.9 Å². The van der Waals surface area contributed by atoms with E-state index in [1.165, 1.54) is 42.3 Å². The van der Waals surface area contributed by atoms with Crippen molar-refractivity contribution >= 4 is 35.8 Å². The van der Waals surface area contributed by atoms with Gasteiger partial charge in [-0.15, -0.1) is 0 Å². The van der Waals surface area contributed by atoms with Crippen molar-refractivity contribution in [3.63, 3.8) is 0 Å². The lowest BCUT2D eigenvalue weighted by atomic mass is 10.0. The number of carboxylic acid groups (broad SMARTS) is 1. The molecule has 2 atom stereocenters. The van der Waals surface area contributed by atoms with Crippen LogP contribution in [0, 0.1) is 0 Å². The molecule has 0 radical (unpaired) electrons. The molecule has 2 N–H and O–H groups in total. The van der Waals surface area contributed by atoms with E-state index >= 15 is 0 Å². The highest BCUT2D eigenvalue weighted by molar-refractivity contribution is 5.90. The van der Waals surface area contributed by atoms with E-state index in [4.69, 9.17) is 14.2 Å². The molecule has 2 heterocycles. The number of pyridine rings is 1. The van der Waals surface area contributed by atoms with Crippen LogP contribution in [0.3, 0.4) is 0 Å². The minimum atomic E-state index is -4.75. The largest absolute Gasteiger partial charge is 0.480 e. The highest BCUT2D eigenvalue weighted by atomic mass is 19.4. The van der Waals surface area contributed by atoms with Gasteiger partial charge in [0.1, 0.15) is 29.7 Å². The van der Waals surface area contributed by atoms with Crippen molar-refractivity contribution in [3.8, 4) is 11.3 Å². The summed E-state index contributed by atoms with van der Waals surface area (Å²) in [5, 5.41) is 12.9. The highest BCUT2D eigenvalue weighted by Crippen LogP contribution is 2.41. The molecule has 16 heteroatoms. The smallest absolute Gasteiger partial charge is 0.418 e. The minimum Gasteiger partial charge on any atom is -0.480 e. The van der Waals surface area contributed by atoms with Crippen LogP contribution in [0.15, 0.2) is 66.7 Å². The lowest BCUT2D eigenvalue weighted by Gasteiger charge is -2.31. The van der Waals surface area contributed by atoms with Gasteiger partial charge in [0.05, 0.1) is 23.0 Å². The Morgan fingerprint density at radius 2 is 1.55 bits per heavy atom. The van der Waals surface area contributed by atoms with E-state index in [2.05, 4.69) is 10.3 Å². The van der Waals surface area contributed by atoms with E-state index in [9.17, 15) is 37.5 Å². The molecule has 1 saturated heterocycles. The van der Waals surface area contributed by atoms with Crippen LogP contribution < -0.4 is 10.2 Å². The number of nitrogens with zero attached hydrogens (tertiary/aromatic N) is 4. The van der Waals surface area contributed by atoms with E-state index < -0.39 is 59.3 Å². The fraction of sp³-hybridized carbons (Fsp3) is 0.462. The Bertz CT molecular complexity index is 1830. The number of likely N-dealkylation sites (tertiary alicyclic amines) is 1. The predicted octanol–water partition coefficient (Wildman–Crippen LogP) is 8.04. The van der Waals surface area contributed by atoms with Crippen molar-refractivity contribution in [2.45, 2.75) is 90.5 Å². The van der Waals surface area contributed by atoms with E-state index in [1.807, 2.05) is 30.3 Å². The lowest BCUT2D eigenvalue weighted by Crippen LogP contribution is -2.46. The van der Waals surface area contributed by atoms with E-state index in [0.29, 0.717) is 0 Å². The number of aromatic nitrogens is 1. The Kier molecular flexibility index (Phi) is 13.3. The second-order valence-corrected chi connectivity index (χ2v) is 15.1. The molecule has 0 saturated carbocycles. The zero-order valence-corrected chi connectivity index (χ0v) is 32.0. The van der Waals surface area contributed by atoms with Crippen molar-refractivity contribution < 1.29 is 51.7 Å². The molecule has 3 amide bonds. The normalized spacial score (nSPS) is 15.9. The number of halogens is 3. The van der Waals surface area contributed by atoms with Crippen LogP contribution in [0.25, 0.3) is 11.3 Å². The van der Waals surface area contributed by atoms with Gasteiger partial charge in [0, 0.05) is 38.7 Å². The number of hydrogen-bond donors (Lipinski definition) is 2. The number of benzene rings is 2. The van der Waals surface area contributed by atoms with Crippen molar-refractivity contribution in [2.24, 2.45) is 0 Å². The van der Waals surface area contributed by atoms with E-state index in [1.54, 1.807) is 41.5 Å². The van der Waals surface area contributed by atoms with Crippen LogP contribution in [0.4, 0.5) is 39.1 Å².